The highest BCUT2D eigenvalue weighted by atomic mass is 16.3. The first kappa shape index (κ1) is 36.5. The molecular formula is C61H42N2O. The average molecular weight is 819 g/mol. The zero-order chi connectivity index (χ0) is 42.2. The fourth-order valence-electron chi connectivity index (χ4n) is 11.0. The van der Waals surface area contributed by atoms with Gasteiger partial charge >= 0.3 is 0 Å². The molecule has 0 amide bonds. The molecule has 0 spiro atoms. The second-order valence-electron chi connectivity index (χ2n) is 17.1. The van der Waals surface area contributed by atoms with Crippen LogP contribution in [0.5, 0.6) is 0 Å². The van der Waals surface area contributed by atoms with Crippen molar-refractivity contribution in [1.29, 1.82) is 0 Å². The van der Waals surface area contributed by atoms with Gasteiger partial charge in [-0.2, -0.15) is 0 Å². The quantitative estimate of drug-likeness (QED) is 0.160. The van der Waals surface area contributed by atoms with Crippen LogP contribution >= 0.6 is 0 Å². The Labute approximate surface area is 372 Å². The number of hydrogen-bond donors (Lipinski definition) is 0. The van der Waals surface area contributed by atoms with Crippen molar-refractivity contribution in [2.75, 3.05) is 4.90 Å². The van der Waals surface area contributed by atoms with Gasteiger partial charge in [-0.1, -0.05) is 176 Å². The average Bonchev–Trinajstić information content (AvgIpc) is 4.01. The highest BCUT2D eigenvalue weighted by molar-refractivity contribution is 6.16. The summed E-state index contributed by atoms with van der Waals surface area (Å²) in [6.07, 6.45) is 8.08. The number of furan rings is 1. The zero-order valence-corrected chi connectivity index (χ0v) is 35.1. The molecule has 2 aliphatic rings. The molecule has 9 aromatic carbocycles. The third-order valence-corrected chi connectivity index (χ3v) is 13.8. The first-order chi connectivity index (χ1) is 31.8. The van der Waals surface area contributed by atoms with Crippen LogP contribution < -0.4 is 4.90 Å². The molecule has 3 heteroatoms. The summed E-state index contributed by atoms with van der Waals surface area (Å²) in [5.41, 5.74) is 17.4. The van der Waals surface area contributed by atoms with Crippen LogP contribution in [0.4, 0.5) is 11.4 Å². The van der Waals surface area contributed by atoms with Crippen molar-refractivity contribution in [2.45, 2.75) is 17.8 Å². The molecule has 0 aliphatic heterocycles. The minimum absolute atomic E-state index is 0.194. The van der Waals surface area contributed by atoms with Crippen molar-refractivity contribution in [2.24, 2.45) is 0 Å². The Hall–Kier alpha value is -8.14. The van der Waals surface area contributed by atoms with E-state index in [2.05, 4.69) is 240 Å². The number of para-hydroxylation sites is 3. The largest absolute Gasteiger partial charge is 0.456 e. The second-order valence-corrected chi connectivity index (χ2v) is 17.1. The smallest absolute Gasteiger partial charge is 0.135 e. The van der Waals surface area contributed by atoms with E-state index < -0.39 is 5.41 Å². The maximum absolute atomic E-state index is 6.35. The first-order valence-corrected chi connectivity index (χ1v) is 22.3. The number of allylic oxidation sites excluding steroid dienone is 3. The fourth-order valence-corrected chi connectivity index (χ4v) is 11.0. The second kappa shape index (κ2) is 14.5. The molecule has 2 heterocycles. The van der Waals surface area contributed by atoms with Gasteiger partial charge in [0.1, 0.15) is 11.2 Å². The van der Waals surface area contributed by atoms with Crippen LogP contribution in [0.1, 0.15) is 40.2 Å². The van der Waals surface area contributed by atoms with Gasteiger partial charge in [0, 0.05) is 44.5 Å². The normalized spacial score (nSPS) is 15.1. The van der Waals surface area contributed by atoms with Gasteiger partial charge in [-0.25, -0.2) is 0 Å². The molecule has 0 saturated carbocycles. The van der Waals surface area contributed by atoms with E-state index in [1.807, 2.05) is 6.07 Å². The van der Waals surface area contributed by atoms with Crippen molar-refractivity contribution in [3.8, 4) is 16.8 Å². The topological polar surface area (TPSA) is 21.3 Å². The molecule has 0 fully saturated rings. The molecule has 0 N–H and O–H groups in total. The SMILES string of the molecule is C1=CC(c2ccc3c(c2)C(c2ccccc2)(c2ccccc2)c2ccccc2-3)CC=C1N(c1ccc2oc3ccccc3c2c1)c1cccc2c1c1ccccc1n2-c1ccccc1. The lowest BCUT2D eigenvalue weighted by Gasteiger charge is -2.34. The standard InChI is InChI=1S/C61H42N2O/c1-4-17-43(18-5-1)61(44-19-6-2-7-20-44)53-26-13-10-23-48(53)49-37-33-42(39-54(49)61)41-31-34-46(35-32-41)62(47-36-38-59-52(40-47)50-24-12-15-30-58(50)64-59)56-28-16-29-57-60(56)51-25-11-14-27-55(51)63(57)45-21-8-3-9-22-45/h1-31,33-41H,32H2. The molecule has 1 atom stereocenters. The van der Waals surface area contributed by atoms with E-state index >= 15 is 0 Å². The molecule has 0 saturated heterocycles. The van der Waals surface area contributed by atoms with E-state index in [1.54, 1.807) is 0 Å². The predicted molar refractivity (Wildman–Crippen MR) is 265 cm³/mol. The lowest BCUT2D eigenvalue weighted by molar-refractivity contribution is 0.669. The van der Waals surface area contributed by atoms with Crippen molar-refractivity contribution >= 4 is 55.1 Å². The molecule has 2 aliphatic carbocycles. The van der Waals surface area contributed by atoms with Crippen molar-refractivity contribution < 1.29 is 4.42 Å². The molecule has 11 aromatic rings. The summed E-state index contributed by atoms with van der Waals surface area (Å²) in [5.74, 6) is 0.194. The van der Waals surface area contributed by atoms with Gasteiger partial charge in [-0.15, -0.1) is 0 Å². The molecule has 302 valence electrons. The Morgan fingerprint density at radius 2 is 1.16 bits per heavy atom. The molecule has 1 unspecified atom stereocenters. The molecule has 0 radical (unpaired) electrons. The lowest BCUT2D eigenvalue weighted by atomic mass is 9.67. The summed E-state index contributed by atoms with van der Waals surface area (Å²) < 4.78 is 8.75. The number of nitrogens with zero attached hydrogens (tertiary/aromatic N) is 2. The van der Waals surface area contributed by atoms with Gasteiger partial charge in [0.05, 0.1) is 22.1 Å². The molecule has 2 aromatic heterocycles. The zero-order valence-electron chi connectivity index (χ0n) is 35.1. The summed E-state index contributed by atoms with van der Waals surface area (Å²) in [6, 6.07) is 79.7. The number of benzene rings is 9. The number of rotatable bonds is 7. The van der Waals surface area contributed by atoms with Crippen molar-refractivity contribution in [3.63, 3.8) is 0 Å². The predicted octanol–water partition coefficient (Wildman–Crippen LogP) is 15.8. The van der Waals surface area contributed by atoms with E-state index in [1.165, 1.54) is 60.8 Å². The van der Waals surface area contributed by atoms with Gasteiger partial charge in [-0.3, -0.25) is 0 Å². The number of fused-ring (bicyclic) bond motifs is 9. The highest BCUT2D eigenvalue weighted by Gasteiger charge is 2.46. The minimum atomic E-state index is -0.436. The monoisotopic (exact) mass is 818 g/mol. The Bertz CT molecular complexity index is 3610. The van der Waals surface area contributed by atoms with Crippen molar-refractivity contribution in [3.05, 3.63) is 270 Å². The highest BCUT2D eigenvalue weighted by Crippen LogP contribution is 2.57. The molecule has 64 heavy (non-hydrogen) atoms. The van der Waals surface area contributed by atoms with Crippen molar-refractivity contribution in [1.82, 2.24) is 4.57 Å². The van der Waals surface area contributed by atoms with Crippen LogP contribution in [0.2, 0.25) is 0 Å². The molecule has 3 nitrogen and oxygen atoms in total. The van der Waals surface area contributed by atoms with Crippen LogP contribution in [-0.4, -0.2) is 4.57 Å². The maximum atomic E-state index is 6.35. The van der Waals surface area contributed by atoms with Crippen LogP contribution in [0, 0.1) is 0 Å². The summed E-state index contributed by atoms with van der Waals surface area (Å²) in [4.78, 5) is 2.47. The summed E-state index contributed by atoms with van der Waals surface area (Å²) in [5, 5.41) is 4.66. The Morgan fingerprint density at radius 3 is 1.94 bits per heavy atom. The molecule has 0 bridgehead atoms. The van der Waals surface area contributed by atoms with Crippen LogP contribution in [0.25, 0.3) is 60.6 Å². The summed E-state index contributed by atoms with van der Waals surface area (Å²) >= 11 is 0. The van der Waals surface area contributed by atoms with E-state index in [-0.39, 0.29) is 5.92 Å². The fraction of sp³-hybridized carbons (Fsp3) is 0.0492. The first-order valence-electron chi connectivity index (χ1n) is 22.3. The Balaban J connectivity index is 0.968. The third kappa shape index (κ3) is 5.41. The van der Waals surface area contributed by atoms with Gasteiger partial charge in [0.15, 0.2) is 0 Å². The van der Waals surface area contributed by atoms with E-state index in [4.69, 9.17) is 4.42 Å². The minimum Gasteiger partial charge on any atom is -0.456 e. The third-order valence-electron chi connectivity index (χ3n) is 13.8. The van der Waals surface area contributed by atoms with Gasteiger partial charge in [-0.05, 0) is 106 Å². The van der Waals surface area contributed by atoms with Crippen LogP contribution in [-0.2, 0) is 5.41 Å². The van der Waals surface area contributed by atoms with Gasteiger partial charge in [0.2, 0.25) is 0 Å². The van der Waals surface area contributed by atoms with Gasteiger partial charge < -0.3 is 13.9 Å². The molecule has 13 rings (SSSR count). The number of anilines is 2. The van der Waals surface area contributed by atoms with Crippen LogP contribution in [0.3, 0.4) is 0 Å². The van der Waals surface area contributed by atoms with E-state index in [9.17, 15) is 0 Å². The molecular weight excluding hydrogens is 777 g/mol. The number of aromatic nitrogens is 1. The number of hydrogen-bond acceptors (Lipinski definition) is 2. The lowest BCUT2D eigenvalue weighted by Crippen LogP contribution is -2.28. The van der Waals surface area contributed by atoms with E-state index in [0.717, 1.165) is 51.1 Å². The van der Waals surface area contributed by atoms with Crippen LogP contribution in [0.15, 0.2) is 247 Å². The Kier molecular flexibility index (Phi) is 8.26. The van der Waals surface area contributed by atoms with Gasteiger partial charge in [0.25, 0.3) is 0 Å². The van der Waals surface area contributed by atoms with E-state index in [0.29, 0.717) is 0 Å². The summed E-state index contributed by atoms with van der Waals surface area (Å²) in [6.45, 7) is 0. The maximum Gasteiger partial charge on any atom is 0.135 e. The summed E-state index contributed by atoms with van der Waals surface area (Å²) in [7, 11) is 0. The Morgan fingerprint density at radius 1 is 0.500 bits per heavy atom.